The third-order valence-electron chi connectivity index (χ3n) is 4.10. The largest absolute Gasteiger partial charge is 0.490 e. The molecular weight excluding hydrogens is 276 g/mol. The highest BCUT2D eigenvalue weighted by Crippen LogP contribution is 2.35. The zero-order chi connectivity index (χ0) is 15.8. The van der Waals surface area contributed by atoms with Gasteiger partial charge in [-0.25, -0.2) is 0 Å². The molecule has 0 bridgehead atoms. The first-order valence-electron chi connectivity index (χ1n) is 8.72. The van der Waals surface area contributed by atoms with Crippen LogP contribution in [0.1, 0.15) is 74.7 Å². The molecule has 0 radical (unpaired) electrons. The Hall–Kier alpha value is -1.51. The summed E-state index contributed by atoms with van der Waals surface area (Å²) in [5.41, 5.74) is 1.93. The number of ketones is 1. The second-order valence-electron chi connectivity index (χ2n) is 5.99. The van der Waals surface area contributed by atoms with Crippen molar-refractivity contribution < 1.29 is 14.3 Å². The summed E-state index contributed by atoms with van der Waals surface area (Å²) in [7, 11) is 0. The first kappa shape index (κ1) is 16.9. The van der Waals surface area contributed by atoms with Crippen LogP contribution in [0.5, 0.6) is 11.5 Å². The minimum absolute atomic E-state index is 0.227. The summed E-state index contributed by atoms with van der Waals surface area (Å²) in [6.45, 7) is 5.74. The molecule has 0 heterocycles. The Morgan fingerprint density at radius 1 is 0.864 bits per heavy atom. The molecule has 0 amide bonds. The normalized spacial score (nSPS) is 13.3. The SMILES string of the molecule is CCCCCCOc1cc2c(cc1OCCCC)C(=O)CC2. The predicted octanol–water partition coefficient (Wildman–Crippen LogP) is 4.95. The van der Waals surface area contributed by atoms with Gasteiger partial charge in [0.25, 0.3) is 0 Å². The molecule has 22 heavy (non-hydrogen) atoms. The monoisotopic (exact) mass is 304 g/mol. The molecule has 2 rings (SSSR count). The molecule has 1 aliphatic carbocycles. The van der Waals surface area contributed by atoms with E-state index >= 15 is 0 Å². The Morgan fingerprint density at radius 2 is 1.55 bits per heavy atom. The number of ether oxygens (including phenoxy) is 2. The maximum Gasteiger partial charge on any atom is 0.163 e. The van der Waals surface area contributed by atoms with Crippen LogP contribution in [0.15, 0.2) is 12.1 Å². The van der Waals surface area contributed by atoms with Gasteiger partial charge < -0.3 is 9.47 Å². The standard InChI is InChI=1S/C19H28O3/c1-3-5-7-8-12-22-18-13-15-9-10-17(20)16(15)14-19(18)21-11-6-4-2/h13-14H,3-12H2,1-2H3. The Balaban J connectivity index is 2.03. The average Bonchev–Trinajstić information content (AvgIpc) is 2.88. The number of carbonyl (C=O) groups excluding carboxylic acids is 1. The van der Waals surface area contributed by atoms with Gasteiger partial charge in [-0.3, -0.25) is 4.79 Å². The number of aryl methyl sites for hydroxylation is 1. The van der Waals surface area contributed by atoms with Gasteiger partial charge in [0.05, 0.1) is 13.2 Å². The van der Waals surface area contributed by atoms with Gasteiger partial charge in [0.2, 0.25) is 0 Å². The molecule has 0 aromatic heterocycles. The van der Waals surface area contributed by atoms with Crippen LogP contribution in [0.3, 0.4) is 0 Å². The van der Waals surface area contributed by atoms with Crippen LogP contribution >= 0.6 is 0 Å². The number of Topliss-reactive ketones (excluding diaryl/α,β-unsaturated/α-hetero) is 1. The van der Waals surface area contributed by atoms with Gasteiger partial charge >= 0.3 is 0 Å². The fraction of sp³-hybridized carbons (Fsp3) is 0.632. The lowest BCUT2D eigenvalue weighted by Crippen LogP contribution is -2.04. The molecule has 3 heteroatoms. The number of rotatable bonds is 10. The van der Waals surface area contributed by atoms with Crippen molar-refractivity contribution in [3.05, 3.63) is 23.3 Å². The fourth-order valence-corrected chi connectivity index (χ4v) is 2.71. The van der Waals surface area contributed by atoms with E-state index in [9.17, 15) is 4.79 Å². The molecule has 1 aromatic carbocycles. The molecule has 0 spiro atoms. The summed E-state index contributed by atoms with van der Waals surface area (Å²) < 4.78 is 11.8. The molecule has 0 saturated carbocycles. The molecule has 0 atom stereocenters. The van der Waals surface area contributed by atoms with Gasteiger partial charge in [0, 0.05) is 12.0 Å². The highest BCUT2D eigenvalue weighted by molar-refractivity contribution is 6.01. The molecule has 3 nitrogen and oxygen atoms in total. The molecule has 0 fully saturated rings. The summed E-state index contributed by atoms with van der Waals surface area (Å²) in [5.74, 6) is 1.77. The number of hydrogen-bond acceptors (Lipinski definition) is 3. The van der Waals surface area contributed by atoms with E-state index in [1.165, 1.54) is 19.3 Å². The molecule has 0 aliphatic heterocycles. The quantitative estimate of drug-likeness (QED) is 0.573. The maximum atomic E-state index is 11.9. The summed E-state index contributed by atoms with van der Waals surface area (Å²) in [4.78, 5) is 11.9. The molecule has 0 unspecified atom stereocenters. The third kappa shape index (κ3) is 4.49. The molecule has 0 saturated heterocycles. The average molecular weight is 304 g/mol. The lowest BCUT2D eigenvalue weighted by molar-refractivity contribution is 0.0994. The molecule has 1 aliphatic rings. The van der Waals surface area contributed by atoms with E-state index in [0.717, 1.165) is 54.9 Å². The highest BCUT2D eigenvalue weighted by atomic mass is 16.5. The summed E-state index contributed by atoms with van der Waals surface area (Å²) in [5, 5.41) is 0. The summed E-state index contributed by atoms with van der Waals surface area (Å²) >= 11 is 0. The number of fused-ring (bicyclic) bond motifs is 1. The van der Waals surface area contributed by atoms with Gasteiger partial charge in [0.1, 0.15) is 0 Å². The van der Waals surface area contributed by atoms with Crippen molar-refractivity contribution >= 4 is 5.78 Å². The Labute approximate surface area is 134 Å². The Bertz CT molecular complexity index is 494. The van der Waals surface area contributed by atoms with Gasteiger partial charge in [0.15, 0.2) is 17.3 Å². The van der Waals surface area contributed by atoms with E-state index in [-0.39, 0.29) is 5.78 Å². The second kappa shape index (κ2) is 8.82. The maximum absolute atomic E-state index is 11.9. The minimum atomic E-state index is 0.227. The summed E-state index contributed by atoms with van der Waals surface area (Å²) in [6.07, 6.45) is 8.30. The number of hydrogen-bond donors (Lipinski definition) is 0. The fourth-order valence-electron chi connectivity index (χ4n) is 2.71. The van der Waals surface area contributed by atoms with Crippen molar-refractivity contribution in [1.29, 1.82) is 0 Å². The van der Waals surface area contributed by atoms with Crippen LogP contribution in [0.25, 0.3) is 0 Å². The summed E-state index contributed by atoms with van der Waals surface area (Å²) in [6, 6.07) is 3.91. The van der Waals surface area contributed by atoms with Crippen molar-refractivity contribution in [2.24, 2.45) is 0 Å². The van der Waals surface area contributed by atoms with E-state index in [2.05, 4.69) is 13.8 Å². The van der Waals surface area contributed by atoms with E-state index in [1.54, 1.807) is 0 Å². The van der Waals surface area contributed by atoms with Crippen molar-refractivity contribution in [3.8, 4) is 11.5 Å². The van der Waals surface area contributed by atoms with Crippen LogP contribution in [-0.4, -0.2) is 19.0 Å². The highest BCUT2D eigenvalue weighted by Gasteiger charge is 2.22. The van der Waals surface area contributed by atoms with Gasteiger partial charge in [-0.2, -0.15) is 0 Å². The lowest BCUT2D eigenvalue weighted by Gasteiger charge is -2.14. The van der Waals surface area contributed by atoms with E-state index in [1.807, 2.05) is 12.1 Å². The van der Waals surface area contributed by atoms with Crippen LogP contribution in [-0.2, 0) is 6.42 Å². The first-order chi connectivity index (χ1) is 10.8. The van der Waals surface area contributed by atoms with E-state index in [4.69, 9.17) is 9.47 Å². The topological polar surface area (TPSA) is 35.5 Å². The molecule has 0 N–H and O–H groups in total. The minimum Gasteiger partial charge on any atom is -0.490 e. The smallest absolute Gasteiger partial charge is 0.163 e. The number of benzene rings is 1. The van der Waals surface area contributed by atoms with Crippen molar-refractivity contribution in [2.45, 2.75) is 65.2 Å². The molecule has 122 valence electrons. The Morgan fingerprint density at radius 3 is 2.27 bits per heavy atom. The van der Waals surface area contributed by atoms with Gasteiger partial charge in [-0.05, 0) is 37.0 Å². The van der Waals surface area contributed by atoms with Crippen molar-refractivity contribution in [3.63, 3.8) is 0 Å². The zero-order valence-electron chi connectivity index (χ0n) is 14.0. The van der Waals surface area contributed by atoms with Gasteiger partial charge in [-0.15, -0.1) is 0 Å². The zero-order valence-corrected chi connectivity index (χ0v) is 14.0. The number of unbranched alkanes of at least 4 members (excludes halogenated alkanes) is 4. The lowest BCUT2D eigenvalue weighted by atomic mass is 10.1. The van der Waals surface area contributed by atoms with E-state index in [0.29, 0.717) is 13.0 Å². The molecule has 1 aromatic rings. The van der Waals surface area contributed by atoms with Crippen molar-refractivity contribution in [1.82, 2.24) is 0 Å². The van der Waals surface area contributed by atoms with E-state index < -0.39 is 0 Å². The van der Waals surface area contributed by atoms with Crippen molar-refractivity contribution in [2.75, 3.05) is 13.2 Å². The third-order valence-corrected chi connectivity index (χ3v) is 4.10. The first-order valence-corrected chi connectivity index (χ1v) is 8.72. The molecular formula is C19H28O3. The van der Waals surface area contributed by atoms with Crippen LogP contribution in [0.2, 0.25) is 0 Å². The van der Waals surface area contributed by atoms with Crippen LogP contribution < -0.4 is 9.47 Å². The van der Waals surface area contributed by atoms with Crippen LogP contribution in [0.4, 0.5) is 0 Å². The van der Waals surface area contributed by atoms with Gasteiger partial charge in [-0.1, -0.05) is 39.5 Å². The van der Waals surface area contributed by atoms with Crippen LogP contribution in [0, 0.1) is 0 Å². The number of carbonyl (C=O) groups is 1. The Kier molecular flexibility index (Phi) is 6.75. The second-order valence-corrected chi connectivity index (χ2v) is 5.99. The predicted molar refractivity (Wildman–Crippen MR) is 89.1 cm³/mol.